The van der Waals surface area contributed by atoms with Crippen molar-refractivity contribution < 1.29 is 14.4 Å². The van der Waals surface area contributed by atoms with Crippen LogP contribution in [0, 0.1) is 0 Å². The fourth-order valence-corrected chi connectivity index (χ4v) is 4.94. The van der Waals surface area contributed by atoms with Crippen LogP contribution in [0.4, 0.5) is 5.69 Å². The highest BCUT2D eigenvalue weighted by atomic mass is 16.2. The normalized spacial score (nSPS) is 17.3. The first-order valence-corrected chi connectivity index (χ1v) is 12.4. The van der Waals surface area contributed by atoms with Crippen LogP contribution in [0.5, 0.6) is 0 Å². The number of amides is 3. The first-order chi connectivity index (χ1) is 18.0. The summed E-state index contributed by atoms with van der Waals surface area (Å²) in [6.07, 6.45) is 5.07. The van der Waals surface area contributed by atoms with Crippen molar-refractivity contribution in [1.82, 2.24) is 15.1 Å². The Balaban J connectivity index is 1.33. The van der Waals surface area contributed by atoms with E-state index >= 15 is 0 Å². The molecule has 2 N–H and O–H groups in total. The Kier molecular flexibility index (Phi) is 6.68. The van der Waals surface area contributed by atoms with Crippen molar-refractivity contribution in [3.63, 3.8) is 0 Å². The van der Waals surface area contributed by atoms with Gasteiger partial charge in [0.2, 0.25) is 11.8 Å². The van der Waals surface area contributed by atoms with E-state index in [1.807, 2.05) is 84.5 Å². The summed E-state index contributed by atoms with van der Waals surface area (Å²) in [6.45, 7) is 2.63. The summed E-state index contributed by atoms with van der Waals surface area (Å²) in [5, 5.41) is 9.70. The molecule has 0 bridgehead atoms. The van der Waals surface area contributed by atoms with Gasteiger partial charge in [0.15, 0.2) is 0 Å². The quantitative estimate of drug-likeness (QED) is 0.358. The molecule has 37 heavy (non-hydrogen) atoms. The number of aromatic nitrogens is 2. The zero-order valence-corrected chi connectivity index (χ0v) is 20.6. The molecule has 4 aromatic rings. The van der Waals surface area contributed by atoms with Gasteiger partial charge >= 0.3 is 0 Å². The highest BCUT2D eigenvalue weighted by molar-refractivity contribution is 6.09. The lowest BCUT2D eigenvalue weighted by Crippen LogP contribution is -2.51. The number of carbonyl (C=O) groups is 3. The number of anilines is 1. The lowest BCUT2D eigenvalue weighted by Gasteiger charge is -2.35. The van der Waals surface area contributed by atoms with E-state index in [1.54, 1.807) is 18.3 Å². The summed E-state index contributed by atoms with van der Waals surface area (Å²) in [4.78, 5) is 37.6. The van der Waals surface area contributed by atoms with E-state index in [2.05, 4.69) is 15.7 Å². The van der Waals surface area contributed by atoms with Crippen LogP contribution in [-0.4, -0.2) is 27.5 Å². The fraction of sp³-hybridized carbons (Fsp3) is 0.200. The lowest BCUT2D eigenvalue weighted by atomic mass is 9.72. The highest BCUT2D eigenvalue weighted by Gasteiger charge is 2.42. The fourth-order valence-electron chi connectivity index (χ4n) is 4.94. The van der Waals surface area contributed by atoms with Gasteiger partial charge in [-0.05, 0) is 59.4 Å². The largest absolute Gasteiger partial charge is 0.322 e. The van der Waals surface area contributed by atoms with Crippen molar-refractivity contribution in [1.29, 1.82) is 0 Å². The molecule has 1 aromatic heterocycles. The standard InChI is InChI=1S/C30H28N4O3/c1-2-30(17-16-27(35)33-29(30)37)23-12-14-24(15-13-23)32-28(36)26-7-4-3-6-25(26)22-10-8-21(9-11-22)20-34-19-5-18-31-34/h3-15,18-19H,2,16-17,20H2,1H3,(H,32,36)(H,33,35,37). The maximum Gasteiger partial charge on any atom is 0.256 e. The highest BCUT2D eigenvalue weighted by Crippen LogP contribution is 2.36. The summed E-state index contributed by atoms with van der Waals surface area (Å²) in [6, 6.07) is 24.9. The minimum absolute atomic E-state index is 0.213. The van der Waals surface area contributed by atoms with E-state index in [-0.39, 0.29) is 17.7 Å². The monoisotopic (exact) mass is 492 g/mol. The number of hydrogen-bond acceptors (Lipinski definition) is 4. The molecule has 7 nitrogen and oxygen atoms in total. The first-order valence-electron chi connectivity index (χ1n) is 12.4. The SMILES string of the molecule is CCC1(c2ccc(NC(=O)c3ccccc3-c3ccc(Cn4cccn4)cc3)cc2)CCC(=O)NC1=O. The van der Waals surface area contributed by atoms with Crippen molar-refractivity contribution in [2.24, 2.45) is 0 Å². The average Bonchev–Trinajstić information content (AvgIpc) is 3.43. The number of rotatable bonds is 7. The summed E-state index contributed by atoms with van der Waals surface area (Å²) < 4.78 is 1.87. The third kappa shape index (κ3) is 4.93. The molecule has 0 spiro atoms. The molecule has 5 rings (SSSR count). The van der Waals surface area contributed by atoms with Crippen LogP contribution in [0.15, 0.2) is 91.3 Å². The Morgan fingerprint density at radius 3 is 2.43 bits per heavy atom. The minimum Gasteiger partial charge on any atom is -0.322 e. The molecule has 0 radical (unpaired) electrons. The van der Waals surface area contributed by atoms with Gasteiger partial charge in [0.05, 0.1) is 12.0 Å². The molecule has 1 aliphatic heterocycles. The molecule has 1 unspecified atom stereocenters. The van der Waals surface area contributed by atoms with Gasteiger partial charge < -0.3 is 5.32 Å². The van der Waals surface area contributed by atoms with E-state index in [0.717, 1.165) is 22.3 Å². The molecular weight excluding hydrogens is 464 g/mol. The van der Waals surface area contributed by atoms with Gasteiger partial charge in [-0.1, -0.05) is 61.5 Å². The molecule has 3 amide bonds. The van der Waals surface area contributed by atoms with Gasteiger partial charge in [-0.2, -0.15) is 5.10 Å². The van der Waals surface area contributed by atoms with Gasteiger partial charge in [0.25, 0.3) is 5.91 Å². The second-order valence-corrected chi connectivity index (χ2v) is 9.29. The van der Waals surface area contributed by atoms with Crippen LogP contribution in [0.2, 0.25) is 0 Å². The maximum absolute atomic E-state index is 13.3. The van der Waals surface area contributed by atoms with Gasteiger partial charge in [0, 0.05) is 30.1 Å². The van der Waals surface area contributed by atoms with Gasteiger partial charge in [-0.25, -0.2) is 0 Å². The van der Waals surface area contributed by atoms with Crippen LogP contribution in [-0.2, 0) is 21.5 Å². The predicted molar refractivity (Wildman–Crippen MR) is 142 cm³/mol. The number of carbonyl (C=O) groups excluding carboxylic acids is 3. The molecule has 1 atom stereocenters. The second-order valence-electron chi connectivity index (χ2n) is 9.29. The summed E-state index contributed by atoms with van der Waals surface area (Å²) >= 11 is 0. The lowest BCUT2D eigenvalue weighted by molar-refractivity contribution is -0.138. The van der Waals surface area contributed by atoms with Gasteiger partial charge in [-0.3, -0.25) is 24.4 Å². The van der Waals surface area contributed by atoms with E-state index in [1.165, 1.54) is 0 Å². The third-order valence-corrected chi connectivity index (χ3v) is 7.11. The van der Waals surface area contributed by atoms with Crippen molar-refractivity contribution in [3.05, 3.63) is 108 Å². The van der Waals surface area contributed by atoms with Crippen LogP contribution in [0.1, 0.15) is 47.7 Å². The Morgan fingerprint density at radius 2 is 1.76 bits per heavy atom. The summed E-state index contributed by atoms with van der Waals surface area (Å²) in [5.41, 5.74) is 4.23. The number of nitrogens with one attached hydrogen (secondary N) is 2. The number of benzene rings is 3. The Bertz CT molecular complexity index is 1430. The second kappa shape index (κ2) is 10.2. The molecule has 1 aliphatic rings. The number of piperidine rings is 1. The molecule has 1 fully saturated rings. The Hall–Kier alpha value is -4.52. The number of nitrogens with zero attached hydrogens (tertiary/aromatic N) is 2. The minimum atomic E-state index is -0.730. The molecule has 186 valence electrons. The Morgan fingerprint density at radius 1 is 1.00 bits per heavy atom. The van der Waals surface area contributed by atoms with E-state index in [0.29, 0.717) is 37.1 Å². The summed E-state index contributed by atoms with van der Waals surface area (Å²) in [7, 11) is 0. The topological polar surface area (TPSA) is 93.1 Å². The van der Waals surface area contributed by atoms with E-state index in [4.69, 9.17) is 0 Å². The average molecular weight is 493 g/mol. The van der Waals surface area contributed by atoms with Crippen molar-refractivity contribution in [2.45, 2.75) is 38.1 Å². The third-order valence-electron chi connectivity index (χ3n) is 7.11. The van der Waals surface area contributed by atoms with Crippen molar-refractivity contribution in [3.8, 4) is 11.1 Å². The molecule has 2 heterocycles. The van der Waals surface area contributed by atoms with Crippen molar-refractivity contribution >= 4 is 23.4 Å². The van der Waals surface area contributed by atoms with Gasteiger partial charge in [0.1, 0.15) is 0 Å². The summed E-state index contributed by atoms with van der Waals surface area (Å²) in [5.74, 6) is -0.702. The number of imide groups is 1. The Labute approximate surface area is 215 Å². The zero-order chi connectivity index (χ0) is 25.8. The van der Waals surface area contributed by atoms with Gasteiger partial charge in [-0.15, -0.1) is 0 Å². The first kappa shape index (κ1) is 24.2. The molecule has 0 aliphatic carbocycles. The van der Waals surface area contributed by atoms with E-state index < -0.39 is 5.41 Å². The maximum atomic E-state index is 13.3. The predicted octanol–water partition coefficient (Wildman–Crippen LogP) is 4.94. The molecule has 7 heteroatoms. The van der Waals surface area contributed by atoms with Crippen molar-refractivity contribution in [2.75, 3.05) is 5.32 Å². The van der Waals surface area contributed by atoms with Crippen LogP contribution >= 0.6 is 0 Å². The molecule has 0 saturated carbocycles. The van der Waals surface area contributed by atoms with Crippen LogP contribution in [0.3, 0.4) is 0 Å². The van der Waals surface area contributed by atoms with Crippen LogP contribution in [0.25, 0.3) is 11.1 Å². The molecule has 3 aromatic carbocycles. The molecular formula is C30H28N4O3. The molecule has 1 saturated heterocycles. The zero-order valence-electron chi connectivity index (χ0n) is 20.6. The van der Waals surface area contributed by atoms with E-state index in [9.17, 15) is 14.4 Å². The smallest absolute Gasteiger partial charge is 0.256 e. The number of hydrogen-bond donors (Lipinski definition) is 2. The van der Waals surface area contributed by atoms with Crippen LogP contribution < -0.4 is 10.6 Å².